The highest BCUT2D eigenvalue weighted by atomic mass is 16.5. The van der Waals surface area contributed by atoms with Crippen molar-refractivity contribution in [1.29, 1.82) is 0 Å². The van der Waals surface area contributed by atoms with E-state index in [0.29, 0.717) is 23.1 Å². The number of hydrogen-bond acceptors (Lipinski definition) is 7. The van der Waals surface area contributed by atoms with Crippen molar-refractivity contribution in [3.8, 4) is 0 Å². The van der Waals surface area contributed by atoms with Crippen LogP contribution in [0.25, 0.3) is 11.0 Å². The lowest BCUT2D eigenvalue weighted by Crippen LogP contribution is -2.53. The van der Waals surface area contributed by atoms with Crippen LogP contribution in [0.4, 0.5) is 0 Å². The van der Waals surface area contributed by atoms with Crippen molar-refractivity contribution in [1.82, 2.24) is 30.6 Å². The number of hydrogen-bond donors (Lipinski definition) is 3. The Morgan fingerprint density at radius 1 is 1.24 bits per heavy atom. The fourth-order valence-electron chi connectivity index (χ4n) is 3.19. The quantitative estimate of drug-likeness (QED) is 0.565. The number of fused-ring (bicyclic) bond motifs is 1. The molecule has 0 spiro atoms. The summed E-state index contributed by atoms with van der Waals surface area (Å²) in [6, 6.07) is 10.0. The molecule has 4 rings (SSSR count). The van der Waals surface area contributed by atoms with Crippen molar-refractivity contribution in [2.24, 2.45) is 0 Å². The SMILES string of the molecule is O=C(NC[C@]1(O)COCCN(C(=O)c2ccc3n[nH]nc3c2)C1)c1ccccn1. The first-order valence-corrected chi connectivity index (χ1v) is 9.13. The van der Waals surface area contributed by atoms with E-state index in [1.807, 2.05) is 0 Å². The highest BCUT2D eigenvalue weighted by molar-refractivity contribution is 5.97. The van der Waals surface area contributed by atoms with E-state index < -0.39 is 11.5 Å². The number of rotatable bonds is 4. The fourth-order valence-corrected chi connectivity index (χ4v) is 3.19. The number of aromatic amines is 1. The Kier molecular flexibility index (Phi) is 5.19. The minimum atomic E-state index is -1.42. The average Bonchev–Trinajstić information content (AvgIpc) is 3.13. The van der Waals surface area contributed by atoms with Crippen LogP contribution in [0.1, 0.15) is 20.8 Å². The van der Waals surface area contributed by atoms with Crippen molar-refractivity contribution >= 4 is 22.8 Å². The molecule has 3 aromatic rings. The van der Waals surface area contributed by atoms with Gasteiger partial charge in [0.25, 0.3) is 11.8 Å². The van der Waals surface area contributed by atoms with Crippen LogP contribution in [0.15, 0.2) is 42.6 Å². The minimum Gasteiger partial charge on any atom is -0.384 e. The number of pyridine rings is 1. The summed E-state index contributed by atoms with van der Waals surface area (Å²) in [7, 11) is 0. The van der Waals surface area contributed by atoms with Crippen LogP contribution in [0.2, 0.25) is 0 Å². The molecule has 0 saturated carbocycles. The second kappa shape index (κ2) is 7.94. The number of nitrogens with zero attached hydrogens (tertiary/aromatic N) is 4. The van der Waals surface area contributed by atoms with Crippen molar-refractivity contribution in [2.45, 2.75) is 5.60 Å². The predicted molar refractivity (Wildman–Crippen MR) is 102 cm³/mol. The molecule has 0 unspecified atom stereocenters. The van der Waals surface area contributed by atoms with Gasteiger partial charge in [-0.3, -0.25) is 14.6 Å². The molecule has 1 saturated heterocycles. The van der Waals surface area contributed by atoms with Crippen LogP contribution in [-0.4, -0.2) is 80.7 Å². The summed E-state index contributed by atoms with van der Waals surface area (Å²) < 4.78 is 5.48. The summed E-state index contributed by atoms with van der Waals surface area (Å²) in [5, 5.41) is 24.1. The molecule has 10 nitrogen and oxygen atoms in total. The van der Waals surface area contributed by atoms with Crippen LogP contribution in [0.5, 0.6) is 0 Å². The van der Waals surface area contributed by atoms with Gasteiger partial charge >= 0.3 is 0 Å². The molecular weight excluding hydrogens is 376 g/mol. The maximum atomic E-state index is 13.0. The van der Waals surface area contributed by atoms with E-state index in [2.05, 4.69) is 25.7 Å². The lowest BCUT2D eigenvalue weighted by atomic mass is 10.0. The third-order valence-electron chi connectivity index (χ3n) is 4.69. The monoisotopic (exact) mass is 396 g/mol. The number of aromatic nitrogens is 4. The number of nitrogens with one attached hydrogen (secondary N) is 2. The lowest BCUT2D eigenvalue weighted by Gasteiger charge is -2.31. The molecule has 0 bridgehead atoms. The smallest absolute Gasteiger partial charge is 0.269 e. The molecule has 2 aromatic heterocycles. The summed E-state index contributed by atoms with van der Waals surface area (Å²) in [4.78, 5) is 30.7. The van der Waals surface area contributed by atoms with E-state index >= 15 is 0 Å². The van der Waals surface area contributed by atoms with Gasteiger partial charge in [0.2, 0.25) is 0 Å². The largest absolute Gasteiger partial charge is 0.384 e. The van der Waals surface area contributed by atoms with E-state index in [-0.39, 0.29) is 37.9 Å². The van der Waals surface area contributed by atoms with Gasteiger partial charge in [0.15, 0.2) is 0 Å². The molecular formula is C19H20N6O4. The molecule has 3 heterocycles. The van der Waals surface area contributed by atoms with E-state index in [1.165, 1.54) is 11.1 Å². The van der Waals surface area contributed by atoms with E-state index in [4.69, 9.17) is 4.74 Å². The number of aliphatic hydroxyl groups is 1. The maximum Gasteiger partial charge on any atom is 0.269 e. The zero-order valence-electron chi connectivity index (χ0n) is 15.5. The van der Waals surface area contributed by atoms with E-state index in [9.17, 15) is 14.7 Å². The minimum absolute atomic E-state index is 0.00159. The van der Waals surface area contributed by atoms with E-state index in [1.54, 1.807) is 36.4 Å². The van der Waals surface area contributed by atoms with Crippen molar-refractivity contribution in [2.75, 3.05) is 32.8 Å². The first-order valence-electron chi connectivity index (χ1n) is 9.13. The number of H-pyrrole nitrogens is 1. The topological polar surface area (TPSA) is 133 Å². The highest BCUT2D eigenvalue weighted by Crippen LogP contribution is 2.17. The Morgan fingerprint density at radius 2 is 2.10 bits per heavy atom. The van der Waals surface area contributed by atoms with E-state index in [0.717, 1.165) is 0 Å². The van der Waals surface area contributed by atoms with Crippen molar-refractivity contribution in [3.05, 3.63) is 53.9 Å². The van der Waals surface area contributed by atoms with Gasteiger partial charge in [-0.25, -0.2) is 0 Å². The van der Waals surface area contributed by atoms with Gasteiger partial charge in [-0.05, 0) is 30.3 Å². The zero-order chi connectivity index (χ0) is 20.3. The number of amides is 2. The Balaban J connectivity index is 1.46. The molecule has 1 aromatic carbocycles. The average molecular weight is 396 g/mol. The molecule has 3 N–H and O–H groups in total. The normalized spacial score (nSPS) is 19.7. The van der Waals surface area contributed by atoms with Crippen LogP contribution in [0.3, 0.4) is 0 Å². The first-order chi connectivity index (χ1) is 14.0. The van der Waals surface area contributed by atoms with Gasteiger partial charge < -0.3 is 20.1 Å². The van der Waals surface area contributed by atoms with Gasteiger partial charge in [-0.15, -0.1) is 0 Å². The molecule has 2 amide bonds. The summed E-state index contributed by atoms with van der Waals surface area (Å²) >= 11 is 0. The van der Waals surface area contributed by atoms with Gasteiger partial charge in [0, 0.05) is 18.3 Å². The summed E-state index contributed by atoms with van der Waals surface area (Å²) in [5.74, 6) is -0.660. The predicted octanol–water partition coefficient (Wildman–Crippen LogP) is -0.0136. The molecule has 10 heteroatoms. The van der Waals surface area contributed by atoms with Gasteiger partial charge in [-0.1, -0.05) is 6.07 Å². The lowest BCUT2D eigenvalue weighted by molar-refractivity contribution is -0.0324. The standard InChI is InChI=1S/C19H20N6O4/c26-17(15-3-1-2-6-20-15)21-10-19(28)11-25(7-8-29-12-19)18(27)13-4-5-14-16(9-13)23-24-22-14/h1-6,9,28H,7-8,10-12H2,(H,21,26)(H,22,23,24)/t19-/m1/s1. The molecule has 29 heavy (non-hydrogen) atoms. The second-order valence-electron chi connectivity index (χ2n) is 6.93. The molecule has 0 aliphatic carbocycles. The van der Waals surface area contributed by atoms with Crippen molar-refractivity contribution in [3.63, 3.8) is 0 Å². The second-order valence-corrected chi connectivity index (χ2v) is 6.93. The summed E-state index contributed by atoms with van der Waals surface area (Å²) in [6.07, 6.45) is 1.52. The number of carbonyl (C=O) groups is 2. The number of benzene rings is 1. The van der Waals surface area contributed by atoms with Gasteiger partial charge in [0.05, 0.1) is 26.3 Å². The number of ether oxygens (including phenoxy) is 1. The molecule has 150 valence electrons. The van der Waals surface area contributed by atoms with Crippen LogP contribution in [0, 0.1) is 0 Å². The van der Waals surface area contributed by atoms with Crippen molar-refractivity contribution < 1.29 is 19.4 Å². The molecule has 1 aliphatic rings. The highest BCUT2D eigenvalue weighted by Gasteiger charge is 2.35. The molecule has 1 atom stereocenters. The van der Waals surface area contributed by atoms with Crippen LogP contribution < -0.4 is 5.32 Å². The molecule has 0 radical (unpaired) electrons. The Labute approximate surface area is 165 Å². The van der Waals surface area contributed by atoms with Gasteiger partial charge in [-0.2, -0.15) is 15.4 Å². The van der Waals surface area contributed by atoms with Crippen LogP contribution >= 0.6 is 0 Å². The number of carbonyl (C=O) groups excluding carboxylic acids is 2. The Morgan fingerprint density at radius 3 is 2.93 bits per heavy atom. The fraction of sp³-hybridized carbons (Fsp3) is 0.316. The Bertz CT molecular complexity index is 1020. The third-order valence-corrected chi connectivity index (χ3v) is 4.69. The maximum absolute atomic E-state index is 13.0. The molecule has 1 aliphatic heterocycles. The third kappa shape index (κ3) is 4.23. The van der Waals surface area contributed by atoms with Crippen LogP contribution in [-0.2, 0) is 4.74 Å². The summed E-state index contributed by atoms with van der Waals surface area (Å²) in [5.41, 5.74) is 0.510. The van der Waals surface area contributed by atoms with Gasteiger partial charge in [0.1, 0.15) is 22.3 Å². The summed E-state index contributed by atoms with van der Waals surface area (Å²) in [6.45, 7) is 0.557. The number of β-amino-alcohol motifs (C(OH)–C–C–N with tert-alkyl or cyclic N) is 1. The molecule has 1 fully saturated rings. The zero-order valence-corrected chi connectivity index (χ0v) is 15.5. The first kappa shape index (κ1) is 19.0. The Hall–Kier alpha value is -3.37.